The highest BCUT2D eigenvalue weighted by molar-refractivity contribution is 6.14. The fourth-order valence-electron chi connectivity index (χ4n) is 4.29. The molecule has 6 rings (SSSR count). The van der Waals surface area contributed by atoms with Crippen molar-refractivity contribution in [3.05, 3.63) is 95.0 Å². The van der Waals surface area contributed by atoms with Crippen LogP contribution in [0.4, 0.5) is 5.69 Å². The van der Waals surface area contributed by atoms with Crippen LogP contribution in [0.2, 0.25) is 0 Å². The van der Waals surface area contributed by atoms with E-state index in [0.29, 0.717) is 16.9 Å². The van der Waals surface area contributed by atoms with E-state index in [0.717, 1.165) is 33.2 Å². The molecular formula is C24H14N2O3. The maximum Gasteiger partial charge on any atom is 0.277 e. The lowest BCUT2D eigenvalue weighted by atomic mass is 10.00. The van der Waals surface area contributed by atoms with Crippen molar-refractivity contribution in [3.8, 4) is 28.3 Å². The molecule has 29 heavy (non-hydrogen) atoms. The average molecular weight is 378 g/mol. The van der Waals surface area contributed by atoms with Crippen molar-refractivity contribution in [2.75, 3.05) is 0 Å². The minimum atomic E-state index is -0.349. The Bertz CT molecular complexity index is 1470. The fraction of sp³-hybridized carbons (Fsp3) is 0. The van der Waals surface area contributed by atoms with Crippen molar-refractivity contribution in [2.24, 2.45) is 0 Å². The molecule has 0 atom stereocenters. The van der Waals surface area contributed by atoms with Crippen LogP contribution in [0.3, 0.4) is 0 Å². The molecule has 0 aliphatic carbocycles. The van der Waals surface area contributed by atoms with Crippen molar-refractivity contribution in [1.82, 2.24) is 4.57 Å². The molecule has 138 valence electrons. The van der Waals surface area contributed by atoms with Crippen molar-refractivity contribution in [1.29, 1.82) is 0 Å². The van der Waals surface area contributed by atoms with Crippen LogP contribution in [0.15, 0.2) is 84.9 Å². The second kappa shape index (κ2) is 5.69. The Labute approximate surface area is 165 Å². The Hall–Kier alpha value is -4.12. The van der Waals surface area contributed by atoms with E-state index in [9.17, 15) is 10.1 Å². The van der Waals surface area contributed by atoms with Crippen molar-refractivity contribution < 1.29 is 9.66 Å². The molecule has 1 aliphatic rings. The smallest absolute Gasteiger partial charge is 0.277 e. The normalized spacial score (nSPS) is 12.0. The van der Waals surface area contributed by atoms with Gasteiger partial charge in [-0.2, -0.15) is 0 Å². The molecule has 0 bridgehead atoms. The molecule has 0 saturated carbocycles. The first kappa shape index (κ1) is 15.9. The van der Waals surface area contributed by atoms with Gasteiger partial charge in [-0.1, -0.05) is 48.5 Å². The zero-order valence-corrected chi connectivity index (χ0v) is 15.2. The van der Waals surface area contributed by atoms with Gasteiger partial charge in [0.05, 0.1) is 27.2 Å². The van der Waals surface area contributed by atoms with Gasteiger partial charge in [-0.25, -0.2) is 0 Å². The summed E-state index contributed by atoms with van der Waals surface area (Å²) >= 11 is 0. The van der Waals surface area contributed by atoms with E-state index in [1.807, 2.05) is 54.6 Å². The van der Waals surface area contributed by atoms with Crippen LogP contribution in [0.25, 0.3) is 38.6 Å². The summed E-state index contributed by atoms with van der Waals surface area (Å²) < 4.78 is 8.55. The van der Waals surface area contributed by atoms with E-state index in [-0.39, 0.29) is 10.6 Å². The Morgan fingerprint density at radius 3 is 2.41 bits per heavy atom. The van der Waals surface area contributed by atoms with Crippen molar-refractivity contribution >= 4 is 27.5 Å². The molecule has 2 heterocycles. The Morgan fingerprint density at radius 1 is 0.759 bits per heavy atom. The molecule has 5 heteroatoms. The minimum Gasteiger partial charge on any atom is -0.452 e. The van der Waals surface area contributed by atoms with E-state index in [1.165, 1.54) is 6.07 Å². The molecular weight excluding hydrogens is 364 g/mol. The van der Waals surface area contributed by atoms with Gasteiger partial charge in [0.2, 0.25) is 0 Å². The molecule has 0 saturated heterocycles. The summed E-state index contributed by atoms with van der Waals surface area (Å²) in [7, 11) is 0. The predicted molar refractivity (Wildman–Crippen MR) is 113 cm³/mol. The Morgan fingerprint density at radius 2 is 1.52 bits per heavy atom. The van der Waals surface area contributed by atoms with Gasteiger partial charge in [0.25, 0.3) is 5.69 Å². The summed E-state index contributed by atoms with van der Waals surface area (Å²) in [5.41, 5.74) is 4.30. The zero-order valence-electron chi connectivity index (χ0n) is 15.2. The third-order valence-electron chi connectivity index (χ3n) is 5.50. The first-order chi connectivity index (χ1) is 14.2. The maximum atomic E-state index is 11.6. The maximum absolute atomic E-state index is 11.6. The Balaban J connectivity index is 1.80. The number of ether oxygens (including phenoxy) is 1. The van der Waals surface area contributed by atoms with Crippen LogP contribution in [-0.4, -0.2) is 9.49 Å². The van der Waals surface area contributed by atoms with E-state index < -0.39 is 0 Å². The van der Waals surface area contributed by atoms with Gasteiger partial charge in [0, 0.05) is 22.4 Å². The zero-order chi connectivity index (χ0) is 19.5. The van der Waals surface area contributed by atoms with Crippen molar-refractivity contribution in [2.45, 2.75) is 0 Å². The lowest BCUT2D eigenvalue weighted by molar-refractivity contribution is -0.384. The van der Waals surface area contributed by atoms with Crippen LogP contribution < -0.4 is 4.74 Å². The first-order valence-electron chi connectivity index (χ1n) is 9.31. The second-order valence-electron chi connectivity index (χ2n) is 7.04. The standard InChI is InChI=1S/C24H14N2O3/c27-26(28)20-10-4-2-8-16(20)18-14-13-17-15-7-1-3-9-19(15)25-21-11-5-6-12-22(21)29-24(18)23(17)25/h1-14H. The van der Waals surface area contributed by atoms with Gasteiger partial charge in [-0.15, -0.1) is 0 Å². The third kappa shape index (κ3) is 2.09. The average Bonchev–Trinajstić information content (AvgIpc) is 3.10. The van der Waals surface area contributed by atoms with Gasteiger partial charge in [-0.3, -0.25) is 10.1 Å². The number of rotatable bonds is 2. The number of nitrogens with zero attached hydrogens (tertiary/aromatic N) is 2. The number of nitro benzene ring substituents is 1. The summed E-state index contributed by atoms with van der Waals surface area (Å²) in [5.74, 6) is 1.38. The molecule has 0 radical (unpaired) electrons. The molecule has 0 fully saturated rings. The fourth-order valence-corrected chi connectivity index (χ4v) is 4.29. The minimum absolute atomic E-state index is 0.0632. The number of benzene rings is 4. The summed E-state index contributed by atoms with van der Waals surface area (Å²) in [6.45, 7) is 0. The van der Waals surface area contributed by atoms with E-state index in [2.05, 4.69) is 16.7 Å². The summed E-state index contributed by atoms with van der Waals surface area (Å²) in [6.07, 6.45) is 0. The van der Waals surface area contributed by atoms with E-state index in [4.69, 9.17) is 4.74 Å². The van der Waals surface area contributed by atoms with Gasteiger partial charge < -0.3 is 9.30 Å². The molecule has 0 unspecified atom stereocenters. The predicted octanol–water partition coefficient (Wildman–Crippen LogP) is 6.46. The van der Waals surface area contributed by atoms with Gasteiger partial charge in [0.1, 0.15) is 0 Å². The number of fused-ring (bicyclic) bond motifs is 5. The van der Waals surface area contributed by atoms with Gasteiger partial charge in [-0.05, 0) is 30.3 Å². The highest BCUT2D eigenvalue weighted by Crippen LogP contribution is 2.50. The monoisotopic (exact) mass is 378 g/mol. The highest BCUT2D eigenvalue weighted by atomic mass is 16.6. The number of hydrogen-bond acceptors (Lipinski definition) is 3. The molecule has 4 aromatic carbocycles. The highest BCUT2D eigenvalue weighted by Gasteiger charge is 2.28. The molecule has 1 aliphatic heterocycles. The molecule has 5 nitrogen and oxygen atoms in total. The van der Waals surface area contributed by atoms with Gasteiger partial charge >= 0.3 is 0 Å². The number of para-hydroxylation sites is 4. The summed E-state index contributed by atoms with van der Waals surface area (Å²) in [6, 6.07) is 26.8. The molecule has 0 spiro atoms. The summed E-state index contributed by atoms with van der Waals surface area (Å²) in [5, 5.41) is 13.8. The van der Waals surface area contributed by atoms with Crippen LogP contribution in [0.1, 0.15) is 0 Å². The van der Waals surface area contributed by atoms with Crippen LogP contribution >= 0.6 is 0 Å². The van der Waals surface area contributed by atoms with E-state index >= 15 is 0 Å². The lowest BCUT2D eigenvalue weighted by Crippen LogP contribution is -2.05. The molecule has 5 aromatic rings. The molecule has 0 amide bonds. The largest absolute Gasteiger partial charge is 0.452 e. The topological polar surface area (TPSA) is 57.3 Å². The summed E-state index contributed by atoms with van der Waals surface area (Å²) in [4.78, 5) is 11.3. The van der Waals surface area contributed by atoms with E-state index in [1.54, 1.807) is 12.1 Å². The number of hydrogen-bond donors (Lipinski definition) is 0. The lowest BCUT2D eigenvalue weighted by Gasteiger charge is -2.23. The van der Waals surface area contributed by atoms with Crippen LogP contribution in [0.5, 0.6) is 11.5 Å². The second-order valence-corrected chi connectivity index (χ2v) is 7.04. The number of aromatic nitrogens is 1. The number of nitro groups is 1. The molecule has 1 aromatic heterocycles. The SMILES string of the molecule is O=[N+]([O-])c1ccccc1-c1ccc2c3ccccc3n3c2c1Oc1ccccc1-3. The third-order valence-corrected chi connectivity index (χ3v) is 5.50. The van der Waals surface area contributed by atoms with Gasteiger partial charge in [0.15, 0.2) is 11.5 Å². The molecule has 0 N–H and O–H groups in total. The first-order valence-corrected chi connectivity index (χ1v) is 9.31. The quantitative estimate of drug-likeness (QED) is 0.256. The van der Waals surface area contributed by atoms with Crippen LogP contribution in [0, 0.1) is 10.1 Å². The van der Waals surface area contributed by atoms with Crippen molar-refractivity contribution in [3.63, 3.8) is 0 Å². The Kier molecular flexibility index (Phi) is 3.12. The van der Waals surface area contributed by atoms with Crippen LogP contribution in [-0.2, 0) is 0 Å².